The number of benzene rings is 1. The number of nitrogens with zero attached hydrogens (tertiary/aromatic N) is 2. The molecule has 14 N–H and O–H groups in total. The summed E-state index contributed by atoms with van der Waals surface area (Å²) in [4.78, 5) is 88.1. The lowest BCUT2D eigenvalue weighted by Crippen LogP contribution is -2.51. The van der Waals surface area contributed by atoms with Gasteiger partial charge in [-0.3, -0.25) is 49.4 Å². The van der Waals surface area contributed by atoms with Crippen molar-refractivity contribution in [2.75, 3.05) is 59.0 Å². The SMILES string of the molecule is CC(C)C[C@@H]1NCN[C@@H](Cc2ccccc2)C(=O)CNCC(=O)CC(F)CC(C)CN[C@@H](CCCN=C(N)N)C(=O)CC(=O)[C@H](CCCN=C(N)N)NCC(C)CC(F)CC(=O)CNCC1=O. The number of carbonyl (C=O) groups excluding carboxylic acids is 6. The summed E-state index contributed by atoms with van der Waals surface area (Å²) < 4.78 is 30.6. The van der Waals surface area contributed by atoms with Gasteiger partial charge in [0.15, 0.2) is 35.1 Å². The molecular formula is C47H80F2N12O6. The summed E-state index contributed by atoms with van der Waals surface area (Å²) in [6, 6.07) is 6.54. The van der Waals surface area contributed by atoms with Crippen molar-refractivity contribution >= 4 is 46.6 Å². The van der Waals surface area contributed by atoms with Gasteiger partial charge in [0.1, 0.15) is 23.9 Å². The van der Waals surface area contributed by atoms with Gasteiger partial charge >= 0.3 is 0 Å². The van der Waals surface area contributed by atoms with E-state index in [1.807, 2.05) is 44.2 Å². The molecule has 0 spiro atoms. The van der Waals surface area contributed by atoms with Crippen LogP contribution in [0.5, 0.6) is 0 Å². The molecule has 18 nitrogen and oxygen atoms in total. The number of guanidine groups is 2. The number of Topliss-reactive ketones (excluding diaryl/α,β-unsaturated/α-hetero) is 6. The van der Waals surface area contributed by atoms with Crippen LogP contribution in [0.15, 0.2) is 40.3 Å². The average Bonchev–Trinajstić information content (AvgIpc) is 3.24. The van der Waals surface area contributed by atoms with Gasteiger partial charge in [-0.25, -0.2) is 8.78 Å². The summed E-state index contributed by atoms with van der Waals surface area (Å²) >= 11 is 0. The number of nitrogens with one attached hydrogen (secondary N) is 6. The van der Waals surface area contributed by atoms with Gasteiger partial charge in [0, 0.05) is 32.6 Å². The molecule has 2 rings (SSSR count). The molecule has 0 amide bonds. The van der Waals surface area contributed by atoms with Crippen LogP contribution in [0.4, 0.5) is 8.78 Å². The van der Waals surface area contributed by atoms with Crippen LogP contribution in [0.3, 0.4) is 0 Å². The standard InChI is InChI=1S/C47H80F2N12O6/c1-30(2)16-40-44(66)27-54-25-36(62)20-34(48)17-31(3)23-58-38(12-8-14-56-46(50)51)42(64)22-43(65)39(13-9-15-57-47(52)53)59-24-32(4)18-35(49)21-37(63)26-55-28-45(67)41(61-29-60-40)19-33-10-6-5-7-11-33/h5-7,10-11,30-32,34-35,38-41,54-55,58-61H,8-9,12-29H2,1-4H3,(H4,50,51,56)(H4,52,53,57)/t31?,32?,34?,35?,38-,39-,40-,41-/m0/s1. The highest BCUT2D eigenvalue weighted by atomic mass is 19.1. The Kier molecular flexibility index (Phi) is 28.8. The Morgan fingerprint density at radius 2 is 1.07 bits per heavy atom. The lowest BCUT2D eigenvalue weighted by molar-refractivity contribution is -0.130. The zero-order valence-corrected chi connectivity index (χ0v) is 40.1. The third-order valence-electron chi connectivity index (χ3n) is 11.4. The zero-order chi connectivity index (χ0) is 49.7. The minimum absolute atomic E-state index is 0.0197. The number of alkyl halides is 2. The van der Waals surface area contributed by atoms with E-state index in [0.29, 0.717) is 32.1 Å². The first-order valence-corrected chi connectivity index (χ1v) is 23.7. The topological polar surface area (TPSA) is 303 Å². The highest BCUT2D eigenvalue weighted by molar-refractivity contribution is 6.03. The van der Waals surface area contributed by atoms with Gasteiger partial charge in [0.05, 0.1) is 56.8 Å². The van der Waals surface area contributed by atoms with E-state index in [1.54, 1.807) is 13.8 Å². The van der Waals surface area contributed by atoms with Gasteiger partial charge in [0.2, 0.25) is 0 Å². The van der Waals surface area contributed by atoms with E-state index < -0.39 is 54.5 Å². The Morgan fingerprint density at radius 3 is 1.52 bits per heavy atom. The fourth-order valence-electron chi connectivity index (χ4n) is 7.86. The van der Waals surface area contributed by atoms with Gasteiger partial charge in [-0.1, -0.05) is 58.0 Å². The van der Waals surface area contributed by atoms with E-state index in [0.717, 1.165) is 5.56 Å². The first-order chi connectivity index (χ1) is 31.8. The maximum Gasteiger partial charge on any atom is 0.185 e. The van der Waals surface area contributed by atoms with Gasteiger partial charge in [-0.05, 0) is 87.8 Å². The Hall–Kier alpha value is -4.60. The Morgan fingerprint density at radius 1 is 0.627 bits per heavy atom. The number of hydrogen-bond acceptors (Lipinski definition) is 14. The van der Waals surface area contributed by atoms with Gasteiger partial charge in [-0.15, -0.1) is 0 Å². The molecule has 67 heavy (non-hydrogen) atoms. The van der Waals surface area contributed by atoms with E-state index in [9.17, 15) is 28.8 Å². The molecule has 1 aromatic carbocycles. The number of nitrogens with two attached hydrogens (primary N) is 4. The monoisotopic (exact) mass is 947 g/mol. The maximum absolute atomic E-state index is 15.3. The molecule has 0 aliphatic carbocycles. The molecule has 1 aliphatic heterocycles. The summed E-state index contributed by atoms with van der Waals surface area (Å²) in [7, 11) is 0. The van der Waals surface area contributed by atoms with Crippen LogP contribution >= 0.6 is 0 Å². The van der Waals surface area contributed by atoms with Gasteiger partial charge in [-0.2, -0.15) is 0 Å². The summed E-state index contributed by atoms with van der Waals surface area (Å²) in [5.74, 6) is -2.65. The number of halogens is 2. The molecule has 1 saturated heterocycles. The number of carbonyl (C=O) groups is 6. The molecule has 0 bridgehead atoms. The van der Waals surface area contributed by atoms with Crippen molar-refractivity contribution in [2.45, 2.75) is 135 Å². The van der Waals surface area contributed by atoms with Crippen molar-refractivity contribution < 1.29 is 37.5 Å². The molecule has 1 fully saturated rings. The molecule has 1 aliphatic rings. The minimum Gasteiger partial charge on any atom is -0.370 e. The summed E-state index contributed by atoms with van der Waals surface area (Å²) in [6.07, 6.45) is -1.83. The number of ketones is 6. The smallest absolute Gasteiger partial charge is 0.185 e. The van der Waals surface area contributed by atoms with Crippen LogP contribution in [-0.4, -0.2) is 142 Å². The van der Waals surface area contributed by atoms with E-state index >= 15 is 8.78 Å². The normalized spacial score (nSPS) is 26.6. The molecule has 378 valence electrons. The second kappa shape index (κ2) is 33.0. The lowest BCUT2D eigenvalue weighted by atomic mass is 9.95. The van der Waals surface area contributed by atoms with Crippen molar-refractivity contribution in [3.8, 4) is 0 Å². The third-order valence-corrected chi connectivity index (χ3v) is 11.4. The van der Waals surface area contributed by atoms with Crippen LogP contribution < -0.4 is 54.8 Å². The maximum atomic E-state index is 15.3. The predicted molar refractivity (Wildman–Crippen MR) is 259 cm³/mol. The molecule has 4 unspecified atom stereocenters. The predicted octanol–water partition coefficient (Wildman–Crippen LogP) is 0.679. The van der Waals surface area contributed by atoms with Crippen molar-refractivity contribution in [1.82, 2.24) is 31.9 Å². The molecule has 1 aromatic rings. The van der Waals surface area contributed by atoms with Crippen molar-refractivity contribution in [3.05, 3.63) is 35.9 Å². The molecular weight excluding hydrogens is 867 g/mol. The van der Waals surface area contributed by atoms with Gasteiger partial charge in [0.25, 0.3) is 0 Å². The molecule has 8 atom stereocenters. The summed E-state index contributed by atoms with van der Waals surface area (Å²) in [6.45, 7) is 7.86. The van der Waals surface area contributed by atoms with Crippen molar-refractivity contribution in [2.24, 2.45) is 50.7 Å². The third kappa shape index (κ3) is 27.1. The average molecular weight is 947 g/mol. The molecule has 1 heterocycles. The largest absolute Gasteiger partial charge is 0.370 e. The number of aliphatic imine (C=N–C) groups is 2. The van der Waals surface area contributed by atoms with Crippen molar-refractivity contribution in [3.63, 3.8) is 0 Å². The Labute approximate surface area is 395 Å². The first kappa shape index (κ1) is 58.5. The summed E-state index contributed by atoms with van der Waals surface area (Å²) in [5.41, 5.74) is 22.8. The van der Waals surface area contributed by atoms with E-state index in [4.69, 9.17) is 22.9 Å². The fourth-order valence-corrected chi connectivity index (χ4v) is 7.86. The van der Waals surface area contributed by atoms with Crippen LogP contribution in [0, 0.1) is 17.8 Å². The quantitative estimate of drug-likeness (QED) is 0.0597. The first-order valence-electron chi connectivity index (χ1n) is 23.7. The molecule has 20 heteroatoms. The van der Waals surface area contributed by atoms with Crippen LogP contribution in [-0.2, 0) is 35.2 Å². The fraction of sp³-hybridized carbons (Fsp3) is 0.702. The van der Waals surface area contributed by atoms with Crippen LogP contribution in [0.25, 0.3) is 0 Å². The second-order valence-corrected chi connectivity index (χ2v) is 18.4. The highest BCUT2D eigenvalue weighted by Gasteiger charge is 2.28. The van der Waals surface area contributed by atoms with E-state index in [2.05, 4.69) is 41.9 Å². The Balaban J connectivity index is 2.29. The number of hydrogen-bond donors (Lipinski definition) is 10. The van der Waals surface area contributed by atoms with Crippen LogP contribution in [0.1, 0.15) is 97.5 Å². The Bertz CT molecular complexity index is 1730. The number of rotatable bonds is 12. The second-order valence-electron chi connectivity index (χ2n) is 18.4. The minimum atomic E-state index is -1.48. The van der Waals surface area contributed by atoms with E-state index in [1.165, 1.54) is 0 Å². The van der Waals surface area contributed by atoms with Gasteiger partial charge < -0.3 is 44.2 Å². The lowest BCUT2D eigenvalue weighted by Gasteiger charge is -2.24. The molecule has 0 radical (unpaired) electrons. The summed E-state index contributed by atoms with van der Waals surface area (Å²) in [5, 5.41) is 18.6. The zero-order valence-electron chi connectivity index (χ0n) is 40.1. The molecule has 0 aromatic heterocycles. The van der Waals surface area contributed by atoms with Crippen molar-refractivity contribution in [1.29, 1.82) is 0 Å². The van der Waals surface area contributed by atoms with E-state index in [-0.39, 0.29) is 144 Å². The highest BCUT2D eigenvalue weighted by Crippen LogP contribution is 2.16. The molecule has 0 saturated carbocycles. The van der Waals surface area contributed by atoms with Crippen LogP contribution in [0.2, 0.25) is 0 Å².